The third-order valence-corrected chi connectivity index (χ3v) is 4.16. The van der Waals surface area contributed by atoms with Crippen LogP contribution in [-0.4, -0.2) is 23.2 Å². The Labute approximate surface area is 119 Å². The second-order valence-corrected chi connectivity index (χ2v) is 6.30. The highest BCUT2D eigenvalue weighted by molar-refractivity contribution is 7.10. The summed E-state index contributed by atoms with van der Waals surface area (Å²) in [6.07, 6.45) is 0.00194. The zero-order chi connectivity index (χ0) is 14.4. The molecule has 0 radical (unpaired) electrons. The van der Waals surface area contributed by atoms with Crippen LogP contribution >= 0.6 is 11.3 Å². The maximum atomic E-state index is 11.7. The Morgan fingerprint density at radius 3 is 2.53 bits per heavy atom. The monoisotopic (exact) mass is 284 g/mol. The van der Waals surface area contributed by atoms with Gasteiger partial charge in [-0.15, -0.1) is 11.3 Å². The molecule has 19 heavy (non-hydrogen) atoms. The highest BCUT2D eigenvalue weighted by Crippen LogP contribution is 2.22. The zero-order valence-corrected chi connectivity index (χ0v) is 12.8. The van der Waals surface area contributed by atoms with Gasteiger partial charge in [0, 0.05) is 17.0 Å². The molecule has 1 aromatic rings. The number of hydrogen-bond donors (Lipinski definition) is 3. The maximum Gasteiger partial charge on any atom is 0.315 e. The second-order valence-electron chi connectivity index (χ2n) is 5.32. The molecule has 0 saturated heterocycles. The first-order valence-corrected chi connectivity index (χ1v) is 7.56. The van der Waals surface area contributed by atoms with Crippen LogP contribution in [0.15, 0.2) is 17.5 Å². The summed E-state index contributed by atoms with van der Waals surface area (Å²) in [5.41, 5.74) is 0. The van der Waals surface area contributed by atoms with E-state index in [0.29, 0.717) is 12.3 Å². The van der Waals surface area contributed by atoms with E-state index in [0.717, 1.165) is 4.88 Å². The van der Waals surface area contributed by atoms with Crippen molar-refractivity contribution in [2.24, 2.45) is 5.92 Å². The van der Waals surface area contributed by atoms with Gasteiger partial charge in [0.15, 0.2) is 0 Å². The summed E-state index contributed by atoms with van der Waals surface area (Å²) < 4.78 is 0. The van der Waals surface area contributed by atoms with Gasteiger partial charge < -0.3 is 15.7 Å². The number of carbonyl (C=O) groups excluding carboxylic acids is 1. The van der Waals surface area contributed by atoms with E-state index in [1.165, 1.54) is 11.3 Å². The molecule has 4 nitrogen and oxygen atoms in total. The normalized spacial score (nSPS) is 15.9. The van der Waals surface area contributed by atoms with E-state index in [-0.39, 0.29) is 18.1 Å². The largest absolute Gasteiger partial charge is 0.387 e. The fourth-order valence-electron chi connectivity index (χ4n) is 1.63. The number of amides is 2. The van der Waals surface area contributed by atoms with Gasteiger partial charge in [-0.1, -0.05) is 19.9 Å². The molecule has 3 N–H and O–H groups in total. The highest BCUT2D eigenvalue weighted by Gasteiger charge is 2.16. The van der Waals surface area contributed by atoms with Crippen molar-refractivity contribution in [2.45, 2.75) is 52.3 Å². The smallest absolute Gasteiger partial charge is 0.315 e. The van der Waals surface area contributed by atoms with E-state index in [9.17, 15) is 9.90 Å². The Kier molecular flexibility index (Phi) is 6.31. The van der Waals surface area contributed by atoms with Gasteiger partial charge in [-0.05, 0) is 37.6 Å². The zero-order valence-electron chi connectivity index (χ0n) is 12.0. The molecule has 3 atom stereocenters. The Bertz CT molecular complexity index is 379. The lowest BCUT2D eigenvalue weighted by atomic mass is 10.1. The summed E-state index contributed by atoms with van der Waals surface area (Å²) in [5.74, 6) is 0.401. The van der Waals surface area contributed by atoms with Crippen molar-refractivity contribution in [2.75, 3.05) is 0 Å². The molecule has 0 aromatic carbocycles. The minimum absolute atomic E-state index is 0.0727. The van der Waals surface area contributed by atoms with Crippen LogP contribution in [0.5, 0.6) is 0 Å². The van der Waals surface area contributed by atoms with E-state index in [1.54, 1.807) is 0 Å². The van der Waals surface area contributed by atoms with Gasteiger partial charge in [-0.3, -0.25) is 0 Å². The molecule has 2 amide bonds. The molecule has 0 fully saturated rings. The topological polar surface area (TPSA) is 61.4 Å². The van der Waals surface area contributed by atoms with Crippen LogP contribution < -0.4 is 10.6 Å². The molecule has 0 aliphatic rings. The van der Waals surface area contributed by atoms with Crippen LogP contribution in [0.4, 0.5) is 4.79 Å². The van der Waals surface area contributed by atoms with Crippen LogP contribution in [0.2, 0.25) is 0 Å². The molecule has 1 rings (SSSR count). The standard InChI is InChI=1S/C14H24N2O2S/c1-9(2)11(4)16-14(18)15-10(3)8-12(17)13-6-5-7-19-13/h5-7,9-12,17H,8H2,1-4H3,(H2,15,16,18)/t10-,11+,12+/m1/s1. The van der Waals surface area contributed by atoms with E-state index in [4.69, 9.17) is 0 Å². The fourth-order valence-corrected chi connectivity index (χ4v) is 2.35. The Morgan fingerprint density at radius 1 is 1.32 bits per heavy atom. The lowest BCUT2D eigenvalue weighted by Crippen LogP contribution is -2.46. The summed E-state index contributed by atoms with van der Waals surface area (Å²) in [4.78, 5) is 12.7. The van der Waals surface area contributed by atoms with Gasteiger partial charge in [-0.2, -0.15) is 0 Å². The SMILES string of the molecule is CC(C)[C@H](C)NC(=O)N[C@H](C)C[C@H](O)c1cccs1. The molecule has 1 heterocycles. The Hall–Kier alpha value is -1.07. The Balaban J connectivity index is 2.34. The van der Waals surface area contributed by atoms with Crippen LogP contribution in [0.25, 0.3) is 0 Å². The predicted octanol–water partition coefficient (Wildman–Crippen LogP) is 2.90. The third-order valence-electron chi connectivity index (χ3n) is 3.18. The minimum Gasteiger partial charge on any atom is -0.387 e. The van der Waals surface area contributed by atoms with Crippen molar-refractivity contribution < 1.29 is 9.90 Å². The molecule has 1 aromatic heterocycles. The number of carbonyl (C=O) groups is 1. The number of aliphatic hydroxyl groups is 1. The van der Waals surface area contributed by atoms with Gasteiger partial charge in [0.05, 0.1) is 6.10 Å². The number of thiophene rings is 1. The molecule has 0 unspecified atom stereocenters. The molecule has 0 spiro atoms. The minimum atomic E-state index is -0.516. The summed E-state index contributed by atoms with van der Waals surface area (Å²) in [5, 5.41) is 17.7. The first-order valence-electron chi connectivity index (χ1n) is 6.68. The van der Waals surface area contributed by atoms with Crippen LogP contribution in [0.3, 0.4) is 0 Å². The average Bonchev–Trinajstić information content (AvgIpc) is 2.81. The molecule has 0 saturated carbocycles. The molecule has 0 aliphatic heterocycles. The number of hydrogen-bond acceptors (Lipinski definition) is 3. The number of urea groups is 1. The second kappa shape index (κ2) is 7.50. The van der Waals surface area contributed by atoms with Crippen LogP contribution in [0, 0.1) is 5.92 Å². The molecule has 0 aliphatic carbocycles. The number of nitrogens with one attached hydrogen (secondary N) is 2. The van der Waals surface area contributed by atoms with Gasteiger partial charge in [-0.25, -0.2) is 4.79 Å². The first-order chi connectivity index (χ1) is 8.90. The lowest BCUT2D eigenvalue weighted by molar-refractivity contribution is 0.157. The molecule has 5 heteroatoms. The number of rotatable bonds is 6. The molecule has 108 valence electrons. The van der Waals surface area contributed by atoms with Gasteiger partial charge in [0.25, 0.3) is 0 Å². The van der Waals surface area contributed by atoms with E-state index < -0.39 is 6.10 Å². The third kappa shape index (κ3) is 5.61. The predicted molar refractivity (Wildman–Crippen MR) is 79.3 cm³/mol. The van der Waals surface area contributed by atoms with Crippen molar-refractivity contribution in [3.63, 3.8) is 0 Å². The molecular weight excluding hydrogens is 260 g/mol. The summed E-state index contributed by atoms with van der Waals surface area (Å²) in [6, 6.07) is 3.71. The van der Waals surface area contributed by atoms with Crippen molar-refractivity contribution in [1.29, 1.82) is 0 Å². The molecular formula is C14H24N2O2S. The first kappa shape index (κ1) is 16.0. The molecule has 0 bridgehead atoms. The van der Waals surface area contributed by atoms with Crippen LogP contribution in [0.1, 0.15) is 45.1 Å². The van der Waals surface area contributed by atoms with Gasteiger partial charge in [0.2, 0.25) is 0 Å². The van der Waals surface area contributed by atoms with E-state index in [2.05, 4.69) is 24.5 Å². The lowest BCUT2D eigenvalue weighted by Gasteiger charge is -2.21. The quantitative estimate of drug-likeness (QED) is 0.752. The summed E-state index contributed by atoms with van der Waals surface area (Å²) >= 11 is 1.53. The van der Waals surface area contributed by atoms with E-state index in [1.807, 2.05) is 31.4 Å². The summed E-state index contributed by atoms with van der Waals surface area (Å²) in [7, 11) is 0. The van der Waals surface area contributed by atoms with Crippen molar-refractivity contribution in [3.05, 3.63) is 22.4 Å². The average molecular weight is 284 g/mol. The van der Waals surface area contributed by atoms with Gasteiger partial charge >= 0.3 is 6.03 Å². The van der Waals surface area contributed by atoms with Crippen molar-refractivity contribution in [1.82, 2.24) is 10.6 Å². The van der Waals surface area contributed by atoms with Crippen molar-refractivity contribution >= 4 is 17.4 Å². The van der Waals surface area contributed by atoms with Gasteiger partial charge in [0.1, 0.15) is 0 Å². The summed E-state index contributed by atoms with van der Waals surface area (Å²) in [6.45, 7) is 8.01. The number of aliphatic hydroxyl groups excluding tert-OH is 1. The van der Waals surface area contributed by atoms with Crippen molar-refractivity contribution in [3.8, 4) is 0 Å². The maximum absolute atomic E-state index is 11.7. The van der Waals surface area contributed by atoms with Crippen LogP contribution in [-0.2, 0) is 0 Å². The Morgan fingerprint density at radius 2 is 2.00 bits per heavy atom. The highest BCUT2D eigenvalue weighted by atomic mass is 32.1. The van der Waals surface area contributed by atoms with E-state index >= 15 is 0 Å². The fraction of sp³-hybridized carbons (Fsp3) is 0.643.